The van der Waals surface area contributed by atoms with Crippen LogP contribution in [0.2, 0.25) is 0 Å². The Morgan fingerprint density at radius 3 is 2.00 bits per heavy atom. The summed E-state index contributed by atoms with van der Waals surface area (Å²) < 4.78 is 1.10. The third-order valence-electron chi connectivity index (χ3n) is 4.32. The van der Waals surface area contributed by atoms with Crippen LogP contribution in [0.15, 0.2) is 30.3 Å². The van der Waals surface area contributed by atoms with Gasteiger partial charge in [-0.05, 0) is 12.1 Å². The molecule has 0 aliphatic carbocycles. The van der Waals surface area contributed by atoms with Crippen LogP contribution in [0, 0.1) is 0 Å². The monoisotopic (exact) mass is 204 g/mol. The Hall–Kier alpha value is -0.860. The molecule has 2 heteroatoms. The summed E-state index contributed by atoms with van der Waals surface area (Å²) in [4.78, 5) is 0. The second-order valence-electron chi connectivity index (χ2n) is 5.13. The molecule has 0 atom stereocenters. The zero-order valence-electron chi connectivity index (χ0n) is 9.02. The Labute approximate surface area is 90.7 Å². The molecule has 3 aliphatic heterocycles. The fourth-order valence-corrected chi connectivity index (χ4v) is 3.11. The minimum atomic E-state index is -0.325. The van der Waals surface area contributed by atoms with Crippen molar-refractivity contribution in [3.8, 4) is 0 Å². The molecule has 80 valence electrons. The zero-order valence-corrected chi connectivity index (χ0v) is 9.02. The van der Waals surface area contributed by atoms with Gasteiger partial charge in [-0.1, -0.05) is 18.2 Å². The normalized spacial score (nSPS) is 39.3. The average Bonchev–Trinajstić information content (AvgIpc) is 2.32. The number of hydrogen-bond acceptors (Lipinski definition) is 1. The van der Waals surface area contributed by atoms with E-state index in [0.717, 1.165) is 43.4 Å². The van der Waals surface area contributed by atoms with Gasteiger partial charge in [0.15, 0.2) is 0 Å². The van der Waals surface area contributed by atoms with Crippen molar-refractivity contribution in [2.45, 2.75) is 24.9 Å². The highest BCUT2D eigenvalue weighted by atomic mass is 16.3. The Morgan fingerprint density at radius 2 is 1.47 bits per heavy atom. The third-order valence-corrected chi connectivity index (χ3v) is 4.32. The van der Waals surface area contributed by atoms with Gasteiger partial charge in [0, 0.05) is 19.3 Å². The molecule has 3 heterocycles. The minimum absolute atomic E-state index is 0.325. The molecule has 0 radical (unpaired) electrons. The molecule has 0 amide bonds. The van der Waals surface area contributed by atoms with Gasteiger partial charge in [-0.2, -0.15) is 0 Å². The Kier molecular flexibility index (Phi) is 1.91. The van der Waals surface area contributed by atoms with Crippen LogP contribution in [0.4, 0.5) is 5.69 Å². The van der Waals surface area contributed by atoms with E-state index in [9.17, 15) is 5.11 Å². The SMILES string of the molecule is OC12CC[N+](c3ccccc3)(CC1)CC2. The van der Waals surface area contributed by atoms with Crippen molar-refractivity contribution >= 4 is 5.69 Å². The van der Waals surface area contributed by atoms with Crippen LogP contribution in [-0.4, -0.2) is 30.3 Å². The van der Waals surface area contributed by atoms with Crippen molar-refractivity contribution in [1.82, 2.24) is 4.48 Å². The van der Waals surface area contributed by atoms with Gasteiger partial charge in [-0.25, -0.2) is 0 Å². The maximum atomic E-state index is 10.2. The van der Waals surface area contributed by atoms with Gasteiger partial charge in [0.1, 0.15) is 5.69 Å². The van der Waals surface area contributed by atoms with E-state index in [1.165, 1.54) is 5.69 Å². The molecule has 1 aromatic carbocycles. The third kappa shape index (κ3) is 1.40. The van der Waals surface area contributed by atoms with Crippen molar-refractivity contribution in [1.29, 1.82) is 0 Å². The molecule has 2 nitrogen and oxygen atoms in total. The quantitative estimate of drug-likeness (QED) is 0.693. The van der Waals surface area contributed by atoms with Gasteiger partial charge in [0.2, 0.25) is 0 Å². The van der Waals surface area contributed by atoms with Crippen LogP contribution in [0.3, 0.4) is 0 Å². The van der Waals surface area contributed by atoms with Crippen molar-refractivity contribution in [3.05, 3.63) is 30.3 Å². The van der Waals surface area contributed by atoms with Gasteiger partial charge in [-0.3, -0.25) is 4.48 Å². The molecule has 0 spiro atoms. The lowest BCUT2D eigenvalue weighted by molar-refractivity contribution is -0.0677. The molecule has 3 saturated heterocycles. The predicted octanol–water partition coefficient (Wildman–Crippen LogP) is 1.92. The molecule has 3 fully saturated rings. The van der Waals surface area contributed by atoms with E-state index in [4.69, 9.17) is 0 Å². The predicted molar refractivity (Wildman–Crippen MR) is 61.6 cm³/mol. The lowest BCUT2D eigenvalue weighted by Crippen LogP contribution is -2.65. The number of nitrogens with zero attached hydrogens (tertiary/aromatic N) is 1. The number of aliphatic hydroxyl groups is 1. The lowest BCUT2D eigenvalue weighted by atomic mass is 9.81. The second-order valence-corrected chi connectivity index (χ2v) is 5.13. The molecule has 0 aromatic heterocycles. The number of piperidine rings is 3. The van der Waals surface area contributed by atoms with Crippen LogP contribution >= 0.6 is 0 Å². The molecule has 4 rings (SSSR count). The van der Waals surface area contributed by atoms with Crippen LogP contribution < -0.4 is 4.48 Å². The topological polar surface area (TPSA) is 20.2 Å². The summed E-state index contributed by atoms with van der Waals surface area (Å²) in [5.74, 6) is 0. The molecule has 15 heavy (non-hydrogen) atoms. The van der Waals surface area contributed by atoms with E-state index in [1.54, 1.807) is 0 Å². The van der Waals surface area contributed by atoms with E-state index < -0.39 is 0 Å². The minimum Gasteiger partial charge on any atom is -0.389 e. The number of rotatable bonds is 1. The first-order valence-electron chi connectivity index (χ1n) is 5.87. The van der Waals surface area contributed by atoms with Gasteiger partial charge < -0.3 is 5.11 Å². The van der Waals surface area contributed by atoms with Gasteiger partial charge in [0.05, 0.1) is 25.2 Å². The first-order chi connectivity index (χ1) is 7.23. The Balaban J connectivity index is 1.94. The Bertz CT molecular complexity index is 336. The van der Waals surface area contributed by atoms with Crippen LogP contribution in [-0.2, 0) is 0 Å². The maximum Gasteiger partial charge on any atom is 0.132 e. The average molecular weight is 204 g/mol. The van der Waals surface area contributed by atoms with Crippen molar-refractivity contribution in [2.24, 2.45) is 0 Å². The summed E-state index contributed by atoms with van der Waals surface area (Å²) in [5, 5.41) is 10.2. The first-order valence-corrected chi connectivity index (χ1v) is 5.87. The number of benzene rings is 1. The van der Waals surface area contributed by atoms with E-state index in [2.05, 4.69) is 30.3 Å². The molecular formula is C13H18NO+. The van der Waals surface area contributed by atoms with Crippen molar-refractivity contribution in [2.75, 3.05) is 19.6 Å². The van der Waals surface area contributed by atoms with Crippen LogP contribution in [0.5, 0.6) is 0 Å². The standard InChI is InChI=1S/C13H18NO/c15-13-6-9-14(10-7-13,11-8-13)12-4-2-1-3-5-12/h1-5,15H,6-11H2/q+1. The van der Waals surface area contributed by atoms with E-state index >= 15 is 0 Å². The highest BCUT2D eigenvalue weighted by Gasteiger charge is 2.48. The van der Waals surface area contributed by atoms with Crippen molar-refractivity contribution in [3.63, 3.8) is 0 Å². The molecule has 3 aliphatic rings. The largest absolute Gasteiger partial charge is 0.389 e. The van der Waals surface area contributed by atoms with E-state index in [0.29, 0.717) is 0 Å². The summed E-state index contributed by atoms with van der Waals surface area (Å²) in [6, 6.07) is 10.8. The van der Waals surface area contributed by atoms with E-state index in [-0.39, 0.29) is 5.60 Å². The number of quaternary nitrogens is 1. The fourth-order valence-electron chi connectivity index (χ4n) is 3.11. The maximum absolute atomic E-state index is 10.2. The van der Waals surface area contributed by atoms with Crippen LogP contribution in [0.1, 0.15) is 19.3 Å². The smallest absolute Gasteiger partial charge is 0.132 e. The molecule has 0 unspecified atom stereocenters. The van der Waals surface area contributed by atoms with Gasteiger partial charge >= 0.3 is 0 Å². The lowest BCUT2D eigenvalue weighted by Gasteiger charge is -2.52. The molecule has 0 saturated carbocycles. The second kappa shape index (κ2) is 3.06. The highest BCUT2D eigenvalue weighted by Crippen LogP contribution is 2.40. The van der Waals surface area contributed by atoms with Gasteiger partial charge in [0.25, 0.3) is 0 Å². The summed E-state index contributed by atoms with van der Waals surface area (Å²) in [5.41, 5.74) is 1.11. The van der Waals surface area contributed by atoms with Crippen molar-refractivity contribution < 1.29 is 5.11 Å². The highest BCUT2D eigenvalue weighted by molar-refractivity contribution is 5.44. The summed E-state index contributed by atoms with van der Waals surface area (Å²) >= 11 is 0. The summed E-state index contributed by atoms with van der Waals surface area (Å²) in [6.07, 6.45) is 2.92. The number of fused-ring (bicyclic) bond motifs is 3. The molecule has 1 aromatic rings. The number of hydrogen-bond donors (Lipinski definition) is 1. The summed E-state index contributed by atoms with van der Waals surface area (Å²) in [7, 11) is 0. The fraction of sp³-hybridized carbons (Fsp3) is 0.538. The first kappa shape index (κ1) is 9.37. The Morgan fingerprint density at radius 1 is 0.933 bits per heavy atom. The zero-order chi connectivity index (χ0) is 10.4. The van der Waals surface area contributed by atoms with E-state index in [1.807, 2.05) is 0 Å². The molecule has 1 N–H and O–H groups in total. The number of para-hydroxylation sites is 1. The molecule has 2 bridgehead atoms. The summed E-state index contributed by atoms with van der Waals surface area (Å²) in [6.45, 7) is 3.33. The van der Waals surface area contributed by atoms with Crippen LogP contribution in [0.25, 0.3) is 0 Å². The van der Waals surface area contributed by atoms with Gasteiger partial charge in [-0.15, -0.1) is 0 Å². The molecular weight excluding hydrogens is 186 g/mol.